The summed E-state index contributed by atoms with van der Waals surface area (Å²) in [6.45, 7) is 0. The molecule has 2 aromatic rings. The van der Waals surface area contributed by atoms with Crippen molar-refractivity contribution >= 4 is 34.9 Å². The molecule has 0 unspecified atom stereocenters. The Morgan fingerprint density at radius 3 is 2.47 bits per heavy atom. The van der Waals surface area contributed by atoms with Crippen LogP contribution in [0.5, 0.6) is 0 Å². The minimum Gasteiger partial charge on any atom is -0.350 e. The Morgan fingerprint density at radius 1 is 1.32 bits per heavy atom. The first kappa shape index (κ1) is 15.9. The van der Waals surface area contributed by atoms with Crippen LogP contribution in [-0.4, -0.2) is 4.57 Å². The Morgan fingerprint density at radius 2 is 1.95 bits per heavy atom. The van der Waals surface area contributed by atoms with E-state index in [1.165, 1.54) is 16.8 Å². The number of alkyl halides is 4. The SMILES string of the molecule is Cl.Cn1cc(CCl)c(=O)c2ccc(C(F)(F)F)cc21. The monoisotopic (exact) mass is 311 g/mol. The summed E-state index contributed by atoms with van der Waals surface area (Å²) in [4.78, 5) is 11.9. The summed E-state index contributed by atoms with van der Waals surface area (Å²) in [5.41, 5.74) is -0.495. The molecular formula is C12H10Cl2F3NO. The molecule has 0 radical (unpaired) electrons. The molecule has 0 amide bonds. The van der Waals surface area contributed by atoms with Crippen LogP contribution in [0.4, 0.5) is 13.2 Å². The molecule has 104 valence electrons. The summed E-state index contributed by atoms with van der Waals surface area (Å²) in [5, 5.41) is 0.239. The molecule has 0 spiro atoms. The average Bonchev–Trinajstić information content (AvgIpc) is 2.32. The van der Waals surface area contributed by atoms with Gasteiger partial charge in [-0.15, -0.1) is 24.0 Å². The Labute approximate surface area is 118 Å². The van der Waals surface area contributed by atoms with Crippen molar-refractivity contribution in [1.29, 1.82) is 0 Å². The lowest BCUT2D eigenvalue weighted by Crippen LogP contribution is -2.13. The lowest BCUT2D eigenvalue weighted by Gasteiger charge is -2.11. The molecular weight excluding hydrogens is 302 g/mol. The maximum atomic E-state index is 12.6. The largest absolute Gasteiger partial charge is 0.416 e. The molecule has 19 heavy (non-hydrogen) atoms. The molecule has 7 heteroatoms. The van der Waals surface area contributed by atoms with Crippen molar-refractivity contribution < 1.29 is 13.2 Å². The zero-order valence-electron chi connectivity index (χ0n) is 9.79. The van der Waals surface area contributed by atoms with Crippen LogP contribution < -0.4 is 5.43 Å². The van der Waals surface area contributed by atoms with E-state index in [4.69, 9.17) is 11.6 Å². The van der Waals surface area contributed by atoms with Crippen LogP contribution in [0.2, 0.25) is 0 Å². The molecule has 0 aliphatic rings. The molecule has 0 aliphatic carbocycles. The first-order chi connectivity index (χ1) is 8.34. The highest BCUT2D eigenvalue weighted by molar-refractivity contribution is 6.17. The van der Waals surface area contributed by atoms with Gasteiger partial charge in [-0.2, -0.15) is 13.2 Å². The second kappa shape index (κ2) is 5.43. The molecule has 0 atom stereocenters. The predicted octanol–water partition coefficient (Wildman–Crippen LogP) is 3.72. The van der Waals surface area contributed by atoms with Gasteiger partial charge in [-0.3, -0.25) is 4.79 Å². The van der Waals surface area contributed by atoms with Crippen molar-refractivity contribution in [1.82, 2.24) is 4.57 Å². The standard InChI is InChI=1S/C12H9ClF3NO.ClH/c1-17-6-7(5-13)11(18)9-3-2-8(4-10(9)17)12(14,15)16;/h2-4,6H,5H2,1H3;1H. The molecule has 1 heterocycles. The minimum atomic E-state index is -4.42. The van der Waals surface area contributed by atoms with Crippen LogP contribution in [0.1, 0.15) is 11.1 Å². The highest BCUT2D eigenvalue weighted by atomic mass is 35.5. The quantitative estimate of drug-likeness (QED) is 0.736. The second-order valence-electron chi connectivity index (χ2n) is 3.96. The van der Waals surface area contributed by atoms with E-state index < -0.39 is 11.7 Å². The van der Waals surface area contributed by atoms with Gasteiger partial charge in [-0.25, -0.2) is 0 Å². The Bertz CT molecular complexity index is 664. The fourth-order valence-electron chi connectivity index (χ4n) is 1.82. The predicted molar refractivity (Wildman–Crippen MR) is 71.0 cm³/mol. The number of hydrogen-bond acceptors (Lipinski definition) is 1. The minimum absolute atomic E-state index is 0. The zero-order valence-corrected chi connectivity index (χ0v) is 11.4. The lowest BCUT2D eigenvalue weighted by atomic mass is 10.1. The van der Waals surface area contributed by atoms with Gasteiger partial charge in [0.25, 0.3) is 0 Å². The lowest BCUT2D eigenvalue weighted by molar-refractivity contribution is -0.137. The van der Waals surface area contributed by atoms with E-state index in [2.05, 4.69) is 0 Å². The summed E-state index contributed by atoms with van der Waals surface area (Å²) in [5.74, 6) is 0.0314. The molecule has 0 saturated heterocycles. The van der Waals surface area contributed by atoms with E-state index in [1.807, 2.05) is 0 Å². The van der Waals surface area contributed by atoms with Crippen LogP contribution in [0, 0.1) is 0 Å². The van der Waals surface area contributed by atoms with Crippen LogP contribution >= 0.6 is 24.0 Å². The fourth-order valence-corrected chi connectivity index (χ4v) is 2.01. The maximum Gasteiger partial charge on any atom is 0.416 e. The molecule has 0 fully saturated rings. The topological polar surface area (TPSA) is 22.0 Å². The molecule has 1 aromatic heterocycles. The van der Waals surface area contributed by atoms with E-state index >= 15 is 0 Å². The third-order valence-corrected chi connectivity index (χ3v) is 3.02. The summed E-state index contributed by atoms with van der Waals surface area (Å²) in [7, 11) is 1.58. The second-order valence-corrected chi connectivity index (χ2v) is 4.22. The van der Waals surface area contributed by atoms with Gasteiger partial charge >= 0.3 is 6.18 Å². The maximum absolute atomic E-state index is 12.6. The average molecular weight is 312 g/mol. The molecule has 0 bridgehead atoms. The summed E-state index contributed by atoms with van der Waals surface area (Å²) in [6.07, 6.45) is -2.97. The summed E-state index contributed by atoms with van der Waals surface area (Å²) < 4.78 is 39.2. The van der Waals surface area contributed by atoms with Gasteiger partial charge in [0, 0.05) is 24.2 Å². The van der Waals surface area contributed by atoms with E-state index in [0.29, 0.717) is 5.56 Å². The summed E-state index contributed by atoms with van der Waals surface area (Å²) in [6, 6.07) is 3.06. The van der Waals surface area contributed by atoms with Crippen LogP contribution in [0.25, 0.3) is 10.9 Å². The van der Waals surface area contributed by atoms with E-state index in [-0.39, 0.29) is 34.6 Å². The van der Waals surface area contributed by atoms with E-state index in [0.717, 1.165) is 12.1 Å². The first-order valence-corrected chi connectivity index (χ1v) is 5.63. The first-order valence-electron chi connectivity index (χ1n) is 5.10. The highest BCUT2D eigenvalue weighted by Crippen LogP contribution is 2.30. The van der Waals surface area contributed by atoms with Gasteiger partial charge in [0.05, 0.1) is 17.0 Å². The van der Waals surface area contributed by atoms with E-state index in [9.17, 15) is 18.0 Å². The number of aromatic nitrogens is 1. The van der Waals surface area contributed by atoms with Crippen LogP contribution in [0.15, 0.2) is 29.2 Å². The van der Waals surface area contributed by atoms with Crippen molar-refractivity contribution in [2.24, 2.45) is 7.05 Å². The third-order valence-electron chi connectivity index (χ3n) is 2.73. The molecule has 2 rings (SSSR count). The number of fused-ring (bicyclic) bond motifs is 1. The Balaban J connectivity index is 0.00000180. The van der Waals surface area contributed by atoms with E-state index in [1.54, 1.807) is 7.05 Å². The Kier molecular flexibility index (Phi) is 4.53. The number of rotatable bonds is 1. The number of halogens is 5. The number of benzene rings is 1. The number of aryl methyl sites for hydroxylation is 1. The van der Waals surface area contributed by atoms with Gasteiger partial charge < -0.3 is 4.57 Å². The van der Waals surface area contributed by atoms with Crippen molar-refractivity contribution in [2.45, 2.75) is 12.1 Å². The Hall–Kier alpha value is -1.20. The van der Waals surface area contributed by atoms with Crippen molar-refractivity contribution in [3.63, 3.8) is 0 Å². The zero-order chi connectivity index (χ0) is 13.5. The molecule has 0 N–H and O–H groups in total. The van der Waals surface area contributed by atoms with Crippen LogP contribution in [0.3, 0.4) is 0 Å². The number of hydrogen-bond donors (Lipinski definition) is 0. The fraction of sp³-hybridized carbons (Fsp3) is 0.250. The highest BCUT2D eigenvalue weighted by Gasteiger charge is 2.30. The molecule has 2 nitrogen and oxygen atoms in total. The van der Waals surface area contributed by atoms with Gasteiger partial charge in [0.15, 0.2) is 5.43 Å². The van der Waals surface area contributed by atoms with Gasteiger partial charge in [-0.05, 0) is 18.2 Å². The molecule has 1 aromatic carbocycles. The number of nitrogens with zero attached hydrogens (tertiary/aromatic N) is 1. The van der Waals surface area contributed by atoms with Crippen LogP contribution in [-0.2, 0) is 19.1 Å². The van der Waals surface area contributed by atoms with Gasteiger partial charge in [0.2, 0.25) is 0 Å². The molecule has 0 saturated carbocycles. The summed E-state index contributed by atoms with van der Waals surface area (Å²) >= 11 is 5.62. The third kappa shape index (κ3) is 2.87. The molecule has 0 aliphatic heterocycles. The van der Waals surface area contributed by atoms with Crippen molar-refractivity contribution in [2.75, 3.05) is 0 Å². The normalized spacial score (nSPS) is 11.4. The van der Waals surface area contributed by atoms with Gasteiger partial charge in [-0.1, -0.05) is 0 Å². The number of pyridine rings is 1. The smallest absolute Gasteiger partial charge is 0.350 e. The van der Waals surface area contributed by atoms with Gasteiger partial charge in [0.1, 0.15) is 0 Å². The van der Waals surface area contributed by atoms with Crippen molar-refractivity contribution in [3.05, 3.63) is 45.7 Å². The van der Waals surface area contributed by atoms with Crippen molar-refractivity contribution in [3.8, 4) is 0 Å².